The predicted molar refractivity (Wildman–Crippen MR) is 51.4 cm³/mol. The summed E-state index contributed by atoms with van der Waals surface area (Å²) in [6.07, 6.45) is -5.29. The van der Waals surface area contributed by atoms with Crippen molar-refractivity contribution >= 4 is 5.84 Å². The van der Waals surface area contributed by atoms with Gasteiger partial charge in [0.05, 0.1) is 13.0 Å². The van der Waals surface area contributed by atoms with E-state index in [0.29, 0.717) is 0 Å². The van der Waals surface area contributed by atoms with E-state index in [1.54, 1.807) is 0 Å². The molecule has 7 heteroatoms. The fourth-order valence-electron chi connectivity index (χ4n) is 0.917. The lowest BCUT2D eigenvalue weighted by atomic mass is 10.3. The molecule has 0 aliphatic carbocycles. The number of nitrogens with zero attached hydrogens (tertiary/aromatic N) is 1. The van der Waals surface area contributed by atoms with Gasteiger partial charge in [-0.25, -0.2) is 4.98 Å². The van der Waals surface area contributed by atoms with E-state index in [4.69, 9.17) is 15.9 Å². The number of alkyl halides is 3. The van der Waals surface area contributed by atoms with E-state index in [0.717, 1.165) is 0 Å². The monoisotopic (exact) mass is 233 g/mol. The Morgan fingerprint density at radius 3 is 2.69 bits per heavy atom. The smallest absolute Gasteiger partial charge is 0.392 e. The number of nitrogens with one attached hydrogen (secondary N) is 1. The fraction of sp³-hybridized carbons (Fsp3) is 0.333. The lowest BCUT2D eigenvalue weighted by molar-refractivity contribution is -0.139. The van der Waals surface area contributed by atoms with E-state index in [-0.39, 0.29) is 17.4 Å². The molecule has 0 bridgehead atoms. The molecule has 1 aromatic heterocycles. The van der Waals surface area contributed by atoms with Gasteiger partial charge in [-0.1, -0.05) is 6.07 Å². The summed E-state index contributed by atoms with van der Waals surface area (Å²) < 4.78 is 40.2. The van der Waals surface area contributed by atoms with Crippen molar-refractivity contribution in [2.24, 2.45) is 5.73 Å². The number of halogens is 3. The lowest BCUT2D eigenvalue weighted by Crippen LogP contribution is -2.15. The molecule has 0 aliphatic rings. The highest BCUT2D eigenvalue weighted by Gasteiger charge is 2.26. The van der Waals surface area contributed by atoms with E-state index in [9.17, 15) is 13.2 Å². The number of hydrogen-bond acceptors (Lipinski definition) is 3. The fourth-order valence-corrected chi connectivity index (χ4v) is 0.917. The molecule has 0 saturated heterocycles. The van der Waals surface area contributed by atoms with Gasteiger partial charge in [0.1, 0.15) is 11.5 Å². The van der Waals surface area contributed by atoms with Crippen LogP contribution in [-0.4, -0.2) is 23.6 Å². The van der Waals surface area contributed by atoms with Crippen molar-refractivity contribution in [1.82, 2.24) is 4.98 Å². The minimum absolute atomic E-state index is 0.0250. The van der Waals surface area contributed by atoms with Gasteiger partial charge < -0.3 is 10.5 Å². The Bertz CT molecular complexity index is 379. The maximum atomic E-state index is 11.8. The number of amidine groups is 1. The average molecular weight is 233 g/mol. The third-order valence-corrected chi connectivity index (χ3v) is 1.63. The van der Waals surface area contributed by atoms with Gasteiger partial charge in [0.25, 0.3) is 0 Å². The SMILES string of the molecule is N=C(N)c1cccc(OCCC(F)(F)F)n1. The van der Waals surface area contributed by atoms with Gasteiger partial charge in [-0.05, 0) is 6.07 Å². The maximum absolute atomic E-state index is 11.8. The summed E-state index contributed by atoms with van der Waals surface area (Å²) in [6, 6.07) is 4.38. The average Bonchev–Trinajstić information content (AvgIpc) is 2.16. The number of ether oxygens (including phenoxy) is 1. The first-order valence-electron chi connectivity index (χ1n) is 4.39. The zero-order chi connectivity index (χ0) is 12.2. The van der Waals surface area contributed by atoms with Crippen molar-refractivity contribution in [2.75, 3.05) is 6.61 Å². The third-order valence-electron chi connectivity index (χ3n) is 1.63. The Hall–Kier alpha value is -1.79. The van der Waals surface area contributed by atoms with Gasteiger partial charge in [0.15, 0.2) is 0 Å². The van der Waals surface area contributed by atoms with Crippen molar-refractivity contribution < 1.29 is 17.9 Å². The van der Waals surface area contributed by atoms with Crippen molar-refractivity contribution in [1.29, 1.82) is 5.41 Å². The van der Waals surface area contributed by atoms with Crippen LogP contribution in [0.15, 0.2) is 18.2 Å². The summed E-state index contributed by atoms with van der Waals surface area (Å²) in [4.78, 5) is 3.75. The van der Waals surface area contributed by atoms with Crippen LogP contribution in [0.5, 0.6) is 5.88 Å². The van der Waals surface area contributed by atoms with Crippen molar-refractivity contribution in [3.8, 4) is 5.88 Å². The molecular formula is C9H10F3N3O. The minimum atomic E-state index is -4.25. The predicted octanol–water partition coefficient (Wildman–Crippen LogP) is 1.70. The molecule has 0 aromatic carbocycles. The van der Waals surface area contributed by atoms with Crippen LogP contribution in [0.25, 0.3) is 0 Å². The van der Waals surface area contributed by atoms with E-state index in [1.807, 2.05) is 0 Å². The number of hydrogen-bond donors (Lipinski definition) is 2. The molecule has 1 rings (SSSR count). The molecule has 0 spiro atoms. The van der Waals surface area contributed by atoms with Crippen molar-refractivity contribution in [3.63, 3.8) is 0 Å². The van der Waals surface area contributed by atoms with Crippen LogP contribution in [0.4, 0.5) is 13.2 Å². The summed E-state index contributed by atoms with van der Waals surface area (Å²) in [6.45, 7) is -0.502. The van der Waals surface area contributed by atoms with Crippen LogP contribution in [0, 0.1) is 5.41 Å². The first-order chi connectivity index (χ1) is 7.38. The van der Waals surface area contributed by atoms with Gasteiger partial charge >= 0.3 is 6.18 Å². The molecule has 0 atom stereocenters. The Morgan fingerprint density at radius 2 is 2.12 bits per heavy atom. The minimum Gasteiger partial charge on any atom is -0.477 e. The zero-order valence-electron chi connectivity index (χ0n) is 8.21. The Kier molecular flexibility index (Phi) is 3.70. The zero-order valence-corrected chi connectivity index (χ0v) is 8.21. The first kappa shape index (κ1) is 12.3. The largest absolute Gasteiger partial charge is 0.477 e. The van der Waals surface area contributed by atoms with E-state index in [1.165, 1.54) is 18.2 Å². The second kappa shape index (κ2) is 4.82. The standard InChI is InChI=1S/C9H10F3N3O/c10-9(11,12)4-5-16-7-3-1-2-6(15-7)8(13)14/h1-3H,4-5H2,(H3,13,14). The van der Waals surface area contributed by atoms with Gasteiger partial charge in [-0.3, -0.25) is 5.41 Å². The van der Waals surface area contributed by atoms with Crippen LogP contribution in [-0.2, 0) is 0 Å². The van der Waals surface area contributed by atoms with Gasteiger partial charge in [0.2, 0.25) is 5.88 Å². The molecule has 0 amide bonds. The molecule has 88 valence electrons. The second-order valence-electron chi connectivity index (χ2n) is 2.99. The second-order valence-corrected chi connectivity index (χ2v) is 2.99. The van der Waals surface area contributed by atoms with Crippen LogP contribution in [0.3, 0.4) is 0 Å². The molecule has 1 heterocycles. The van der Waals surface area contributed by atoms with Crippen LogP contribution in [0.1, 0.15) is 12.1 Å². The van der Waals surface area contributed by atoms with Crippen molar-refractivity contribution in [2.45, 2.75) is 12.6 Å². The molecule has 3 N–H and O–H groups in total. The highest BCUT2D eigenvalue weighted by molar-refractivity contribution is 5.93. The Labute approximate surface area is 89.7 Å². The normalized spacial score (nSPS) is 11.2. The highest BCUT2D eigenvalue weighted by atomic mass is 19.4. The quantitative estimate of drug-likeness (QED) is 0.614. The third kappa shape index (κ3) is 4.16. The van der Waals surface area contributed by atoms with Crippen LogP contribution in [0.2, 0.25) is 0 Å². The summed E-state index contributed by atoms with van der Waals surface area (Å²) in [5.41, 5.74) is 5.34. The summed E-state index contributed by atoms with van der Waals surface area (Å²) in [7, 11) is 0. The number of nitrogens with two attached hydrogens (primary N) is 1. The molecule has 0 aliphatic heterocycles. The molecule has 1 aromatic rings. The lowest BCUT2D eigenvalue weighted by Gasteiger charge is -2.08. The molecule has 4 nitrogen and oxygen atoms in total. The summed E-state index contributed by atoms with van der Waals surface area (Å²) in [5.74, 6) is -0.238. The first-order valence-corrected chi connectivity index (χ1v) is 4.39. The number of rotatable bonds is 4. The molecule has 0 saturated carbocycles. The number of nitrogen functional groups attached to an aromatic ring is 1. The molecule has 16 heavy (non-hydrogen) atoms. The molecule has 0 unspecified atom stereocenters. The van der Waals surface area contributed by atoms with Gasteiger partial charge in [-0.15, -0.1) is 0 Å². The topological polar surface area (TPSA) is 72.0 Å². The van der Waals surface area contributed by atoms with Gasteiger partial charge in [0, 0.05) is 6.07 Å². The number of pyridine rings is 1. The van der Waals surface area contributed by atoms with E-state index >= 15 is 0 Å². The van der Waals surface area contributed by atoms with Crippen molar-refractivity contribution in [3.05, 3.63) is 23.9 Å². The highest BCUT2D eigenvalue weighted by Crippen LogP contribution is 2.19. The Balaban J connectivity index is 2.55. The summed E-state index contributed by atoms with van der Waals surface area (Å²) in [5, 5.41) is 7.09. The maximum Gasteiger partial charge on any atom is 0.392 e. The molecular weight excluding hydrogens is 223 g/mol. The van der Waals surface area contributed by atoms with Crippen LogP contribution < -0.4 is 10.5 Å². The molecule has 0 radical (unpaired) electrons. The number of aromatic nitrogens is 1. The molecule has 0 fully saturated rings. The summed E-state index contributed by atoms with van der Waals surface area (Å²) >= 11 is 0. The van der Waals surface area contributed by atoms with E-state index in [2.05, 4.69) is 4.98 Å². The van der Waals surface area contributed by atoms with Gasteiger partial charge in [-0.2, -0.15) is 13.2 Å². The van der Waals surface area contributed by atoms with E-state index < -0.39 is 19.2 Å². The van der Waals surface area contributed by atoms with Crippen LogP contribution >= 0.6 is 0 Å². The Morgan fingerprint density at radius 1 is 1.44 bits per heavy atom.